The molecule has 0 radical (unpaired) electrons. The fourth-order valence-electron chi connectivity index (χ4n) is 3.46. The molecule has 1 heterocycles. The lowest BCUT2D eigenvalue weighted by Gasteiger charge is -2.18. The van der Waals surface area contributed by atoms with Gasteiger partial charge >= 0.3 is 11.9 Å². The summed E-state index contributed by atoms with van der Waals surface area (Å²) in [7, 11) is 1.43. The number of anilines is 1. The van der Waals surface area contributed by atoms with Crippen molar-refractivity contribution in [3.8, 4) is 5.75 Å². The number of amides is 3. The Hall–Kier alpha value is -4.41. The molecule has 0 aliphatic carbocycles. The topological polar surface area (TPSA) is 140 Å². The highest BCUT2D eigenvalue weighted by Crippen LogP contribution is 2.20. The second-order valence-corrected chi connectivity index (χ2v) is 8.77. The highest BCUT2D eigenvalue weighted by molar-refractivity contribution is 5.99. The first-order valence-electron chi connectivity index (χ1n) is 11.7. The molecule has 2 aromatic rings. The van der Waals surface area contributed by atoms with E-state index in [1.807, 2.05) is 13.8 Å². The van der Waals surface area contributed by atoms with Crippen LogP contribution < -0.4 is 15.5 Å². The van der Waals surface area contributed by atoms with E-state index in [4.69, 9.17) is 14.2 Å². The average molecular weight is 512 g/mol. The van der Waals surface area contributed by atoms with Crippen LogP contribution in [0, 0.1) is 11.8 Å². The fourth-order valence-corrected chi connectivity index (χ4v) is 3.46. The number of rotatable bonds is 10. The van der Waals surface area contributed by atoms with Gasteiger partial charge in [-0.25, -0.2) is 4.79 Å². The van der Waals surface area contributed by atoms with Crippen LogP contribution in [0.4, 0.5) is 5.69 Å². The summed E-state index contributed by atoms with van der Waals surface area (Å²) in [5.74, 6) is -3.08. The largest absolute Gasteiger partial charge is 0.496 e. The summed E-state index contributed by atoms with van der Waals surface area (Å²) < 4.78 is 15.4. The molecule has 0 saturated carbocycles. The zero-order valence-electron chi connectivity index (χ0n) is 20.8. The summed E-state index contributed by atoms with van der Waals surface area (Å²) in [6, 6.07) is 12.6. The molecule has 1 saturated heterocycles. The number of esters is 2. The first kappa shape index (κ1) is 27.2. The van der Waals surface area contributed by atoms with Gasteiger partial charge in [0.15, 0.2) is 6.61 Å². The second kappa shape index (κ2) is 12.5. The first-order valence-corrected chi connectivity index (χ1v) is 11.7. The van der Waals surface area contributed by atoms with E-state index in [1.165, 1.54) is 31.4 Å². The Bertz CT molecular complexity index is 1160. The van der Waals surface area contributed by atoms with Gasteiger partial charge in [0.2, 0.25) is 5.91 Å². The molecule has 3 rings (SSSR count). The number of hydrazine groups is 1. The number of carbonyl (C=O) groups is 5. The van der Waals surface area contributed by atoms with Crippen LogP contribution in [-0.2, 0) is 23.9 Å². The van der Waals surface area contributed by atoms with Gasteiger partial charge in [0.05, 0.1) is 37.3 Å². The second-order valence-electron chi connectivity index (χ2n) is 8.77. The monoisotopic (exact) mass is 511 g/mol. The van der Waals surface area contributed by atoms with Crippen LogP contribution in [0.2, 0.25) is 0 Å². The van der Waals surface area contributed by atoms with Gasteiger partial charge in [-0.05, 0) is 42.3 Å². The lowest BCUT2D eigenvalue weighted by Crippen LogP contribution is -2.43. The van der Waals surface area contributed by atoms with E-state index in [2.05, 4.69) is 10.7 Å². The molecule has 11 nitrogen and oxygen atoms in total. The normalized spacial score (nSPS) is 14.8. The smallest absolute Gasteiger partial charge is 0.338 e. The van der Waals surface area contributed by atoms with Gasteiger partial charge in [0, 0.05) is 12.1 Å². The van der Waals surface area contributed by atoms with Crippen LogP contribution in [0.5, 0.6) is 5.75 Å². The van der Waals surface area contributed by atoms with E-state index in [0.717, 1.165) is 5.01 Å². The fraction of sp³-hybridized carbons (Fsp3) is 0.346. The molecule has 0 bridgehead atoms. The third-order valence-corrected chi connectivity index (χ3v) is 5.34. The van der Waals surface area contributed by atoms with E-state index in [1.54, 1.807) is 24.3 Å². The predicted octanol–water partition coefficient (Wildman–Crippen LogP) is 2.18. The minimum absolute atomic E-state index is 0.0887. The van der Waals surface area contributed by atoms with Crippen LogP contribution in [0.3, 0.4) is 0 Å². The Morgan fingerprint density at radius 2 is 1.73 bits per heavy atom. The van der Waals surface area contributed by atoms with Crippen molar-refractivity contribution in [2.75, 3.05) is 32.2 Å². The quantitative estimate of drug-likeness (QED) is 0.463. The van der Waals surface area contributed by atoms with Gasteiger partial charge in [-0.2, -0.15) is 0 Å². The number of methoxy groups -OCH3 is 1. The molecule has 1 aliphatic heterocycles. The van der Waals surface area contributed by atoms with Crippen molar-refractivity contribution in [1.82, 2.24) is 10.4 Å². The van der Waals surface area contributed by atoms with Crippen molar-refractivity contribution < 1.29 is 38.2 Å². The van der Waals surface area contributed by atoms with Crippen LogP contribution in [0.1, 0.15) is 41.0 Å². The number of hydrogen-bond donors (Lipinski definition) is 2. The molecule has 37 heavy (non-hydrogen) atoms. The Labute approximate surface area is 214 Å². The minimum Gasteiger partial charge on any atom is -0.496 e. The summed E-state index contributed by atoms with van der Waals surface area (Å²) in [4.78, 5) is 61.4. The molecule has 0 unspecified atom stereocenters. The summed E-state index contributed by atoms with van der Waals surface area (Å²) in [6.07, 6.45) is -0.166. The maximum absolute atomic E-state index is 12.5. The highest BCUT2D eigenvalue weighted by Gasteiger charge is 2.37. The maximum atomic E-state index is 12.5. The summed E-state index contributed by atoms with van der Waals surface area (Å²) in [5.41, 5.74) is 3.46. The van der Waals surface area contributed by atoms with Gasteiger partial charge in [-0.1, -0.05) is 26.0 Å². The molecule has 2 aromatic carbocycles. The molecule has 2 N–H and O–H groups in total. The molecular formula is C26H29N3O8. The zero-order chi connectivity index (χ0) is 26.9. The number of carbonyl (C=O) groups excluding carboxylic acids is 5. The molecule has 11 heteroatoms. The molecule has 0 spiro atoms. The van der Waals surface area contributed by atoms with Crippen molar-refractivity contribution in [3.05, 3.63) is 59.7 Å². The van der Waals surface area contributed by atoms with Crippen LogP contribution in [0.15, 0.2) is 48.5 Å². The van der Waals surface area contributed by atoms with Crippen LogP contribution in [-0.4, -0.2) is 61.5 Å². The standard InChI is InChI=1S/C26H29N3O8/c1-16(2)14-36-25(33)17-8-10-19(11-9-17)27-22(30)15-37-26(34)18-12-23(31)29(13-18)28-24(32)20-6-4-5-7-21(20)35-3/h4-11,16,18H,12-15H2,1-3H3,(H,27,30)(H,28,32)/t18-/m1/s1. The predicted molar refractivity (Wildman–Crippen MR) is 131 cm³/mol. The SMILES string of the molecule is COc1ccccc1C(=O)NN1C[C@H](C(=O)OCC(=O)Nc2ccc(C(=O)OCC(C)C)cc2)CC1=O. The summed E-state index contributed by atoms with van der Waals surface area (Å²) in [5, 5.41) is 3.61. The van der Waals surface area contributed by atoms with E-state index >= 15 is 0 Å². The molecule has 0 aromatic heterocycles. The molecule has 1 fully saturated rings. The Balaban J connectivity index is 1.45. The number of benzene rings is 2. The molecule has 1 aliphatic rings. The maximum Gasteiger partial charge on any atom is 0.338 e. The van der Waals surface area contributed by atoms with Gasteiger partial charge in [-0.15, -0.1) is 0 Å². The number of nitrogens with zero attached hydrogens (tertiary/aromatic N) is 1. The van der Waals surface area contributed by atoms with Gasteiger partial charge in [0.25, 0.3) is 11.8 Å². The van der Waals surface area contributed by atoms with Crippen molar-refractivity contribution in [2.45, 2.75) is 20.3 Å². The number of ether oxygens (including phenoxy) is 3. The molecular weight excluding hydrogens is 482 g/mol. The lowest BCUT2D eigenvalue weighted by molar-refractivity contribution is -0.151. The van der Waals surface area contributed by atoms with E-state index in [-0.39, 0.29) is 24.4 Å². The van der Waals surface area contributed by atoms with Gasteiger partial charge < -0.3 is 19.5 Å². The number of hydrogen-bond acceptors (Lipinski definition) is 8. The number of nitrogens with one attached hydrogen (secondary N) is 2. The van der Waals surface area contributed by atoms with Crippen molar-refractivity contribution in [2.24, 2.45) is 11.8 Å². The molecule has 196 valence electrons. The molecule has 3 amide bonds. The van der Waals surface area contributed by atoms with Crippen molar-refractivity contribution in [1.29, 1.82) is 0 Å². The third-order valence-electron chi connectivity index (χ3n) is 5.34. The zero-order valence-corrected chi connectivity index (χ0v) is 20.8. The Morgan fingerprint density at radius 3 is 2.41 bits per heavy atom. The lowest BCUT2D eigenvalue weighted by atomic mass is 10.1. The average Bonchev–Trinajstić information content (AvgIpc) is 3.26. The van der Waals surface area contributed by atoms with Gasteiger partial charge in [-0.3, -0.25) is 29.6 Å². The molecule has 1 atom stereocenters. The van der Waals surface area contributed by atoms with Crippen molar-refractivity contribution >= 4 is 35.3 Å². The minimum atomic E-state index is -0.839. The summed E-state index contributed by atoms with van der Waals surface area (Å²) in [6.45, 7) is 3.52. The van der Waals surface area contributed by atoms with Gasteiger partial charge in [0.1, 0.15) is 5.75 Å². The van der Waals surface area contributed by atoms with Crippen LogP contribution >= 0.6 is 0 Å². The first-order chi connectivity index (χ1) is 17.7. The number of para-hydroxylation sites is 1. The summed E-state index contributed by atoms with van der Waals surface area (Å²) >= 11 is 0. The Morgan fingerprint density at radius 1 is 1.03 bits per heavy atom. The Kier molecular flexibility index (Phi) is 9.20. The van der Waals surface area contributed by atoms with Crippen molar-refractivity contribution in [3.63, 3.8) is 0 Å². The van der Waals surface area contributed by atoms with E-state index < -0.39 is 42.2 Å². The van der Waals surface area contributed by atoms with E-state index in [0.29, 0.717) is 23.6 Å². The van der Waals surface area contributed by atoms with Crippen LogP contribution in [0.25, 0.3) is 0 Å². The highest BCUT2D eigenvalue weighted by atomic mass is 16.5. The third kappa shape index (κ3) is 7.53. The van der Waals surface area contributed by atoms with E-state index in [9.17, 15) is 24.0 Å².